The third kappa shape index (κ3) is 3.83. The lowest BCUT2D eigenvalue weighted by atomic mass is 10.0. The summed E-state index contributed by atoms with van der Waals surface area (Å²) < 4.78 is 25.0. The Hall–Kier alpha value is -0.950. The fourth-order valence-electron chi connectivity index (χ4n) is 2.74. The van der Waals surface area contributed by atoms with Gasteiger partial charge in [0, 0.05) is 18.1 Å². The van der Waals surface area contributed by atoms with Crippen molar-refractivity contribution in [2.75, 3.05) is 0 Å². The molecule has 0 aromatic heterocycles. The van der Waals surface area contributed by atoms with Crippen LogP contribution in [-0.4, -0.2) is 25.5 Å². The normalized spacial score (nSPS) is 25.7. The average molecular weight is 311 g/mol. The van der Waals surface area contributed by atoms with Gasteiger partial charge < -0.3 is 5.73 Å². The highest BCUT2D eigenvalue weighted by atomic mass is 32.2. The maximum atomic E-state index is 12.5. The number of sulfonamides is 1. The topological polar surface area (TPSA) is 75.4 Å². The van der Waals surface area contributed by atoms with Gasteiger partial charge in [-0.2, -0.15) is 0 Å². The number of hydrogen-bond donors (Lipinski definition) is 2. The van der Waals surface area contributed by atoms with Gasteiger partial charge in [-0.25, -0.2) is 13.4 Å². The van der Waals surface area contributed by atoms with Crippen molar-refractivity contribution in [2.45, 2.75) is 63.1 Å². The van der Waals surface area contributed by atoms with Gasteiger partial charge in [-0.3, -0.25) is 0 Å². The van der Waals surface area contributed by atoms with Gasteiger partial charge in [-0.05, 0) is 51.3 Å². The Bertz CT molecular complexity index is 559. The van der Waals surface area contributed by atoms with Crippen LogP contribution in [0.1, 0.15) is 51.6 Å². The van der Waals surface area contributed by atoms with Crippen molar-refractivity contribution < 1.29 is 8.42 Å². The molecule has 1 saturated heterocycles. The summed E-state index contributed by atoms with van der Waals surface area (Å²) in [5, 5.41) is 1.86. The van der Waals surface area contributed by atoms with E-state index >= 15 is 0 Å². The lowest BCUT2D eigenvalue weighted by Gasteiger charge is -2.38. The molecular weight excluding hydrogens is 286 g/mol. The minimum atomic E-state index is -3.53. The van der Waals surface area contributed by atoms with Crippen LogP contribution in [0, 0.1) is 0 Å². The molecule has 2 rings (SSSR count). The summed E-state index contributed by atoms with van der Waals surface area (Å²) in [7, 11) is -3.53. The number of rotatable bonds is 4. The smallest absolute Gasteiger partial charge is 0.253 e. The molecule has 0 bridgehead atoms. The van der Waals surface area contributed by atoms with Gasteiger partial charge in [0.05, 0.1) is 4.90 Å². The second kappa shape index (κ2) is 6.44. The van der Waals surface area contributed by atoms with Crippen LogP contribution in [0.2, 0.25) is 0 Å². The molecule has 5 nitrogen and oxygen atoms in total. The van der Waals surface area contributed by atoms with Crippen LogP contribution < -0.4 is 10.6 Å². The van der Waals surface area contributed by atoms with Gasteiger partial charge in [0.15, 0.2) is 0 Å². The van der Waals surface area contributed by atoms with Crippen LogP contribution in [0.3, 0.4) is 0 Å². The summed E-state index contributed by atoms with van der Waals surface area (Å²) in [6, 6.07) is 7.08. The molecule has 0 radical (unpaired) electrons. The van der Waals surface area contributed by atoms with Crippen molar-refractivity contribution in [3.8, 4) is 0 Å². The SMILES string of the molecule is CC(N)c1ccc(S(=O)(=O)NN2C(C)CCCC2C)cc1. The summed E-state index contributed by atoms with van der Waals surface area (Å²) in [6.45, 7) is 5.98. The largest absolute Gasteiger partial charge is 0.324 e. The van der Waals surface area contributed by atoms with Crippen LogP contribution in [0.5, 0.6) is 0 Å². The summed E-state index contributed by atoms with van der Waals surface area (Å²) in [6.07, 6.45) is 3.16. The summed E-state index contributed by atoms with van der Waals surface area (Å²) in [4.78, 5) is 3.01. The van der Waals surface area contributed by atoms with Gasteiger partial charge in [0.1, 0.15) is 0 Å². The Morgan fingerprint density at radius 1 is 1.19 bits per heavy atom. The number of benzene rings is 1. The van der Waals surface area contributed by atoms with Gasteiger partial charge in [0.2, 0.25) is 0 Å². The van der Waals surface area contributed by atoms with Gasteiger partial charge in [-0.1, -0.05) is 18.6 Å². The van der Waals surface area contributed by atoms with E-state index in [1.165, 1.54) is 0 Å². The summed E-state index contributed by atoms with van der Waals surface area (Å²) >= 11 is 0. The first kappa shape index (κ1) is 16.4. The zero-order chi connectivity index (χ0) is 15.6. The van der Waals surface area contributed by atoms with Gasteiger partial charge >= 0.3 is 0 Å². The number of hydrazine groups is 1. The van der Waals surface area contributed by atoms with E-state index in [0.29, 0.717) is 0 Å². The maximum absolute atomic E-state index is 12.5. The van der Waals surface area contributed by atoms with E-state index in [2.05, 4.69) is 18.7 Å². The molecule has 1 heterocycles. The highest BCUT2D eigenvalue weighted by molar-refractivity contribution is 7.89. The molecule has 3 N–H and O–H groups in total. The molecule has 3 atom stereocenters. The standard InChI is InChI=1S/C15H25N3O2S/c1-11-5-4-6-12(2)18(11)17-21(19,20)15-9-7-14(8-10-15)13(3)16/h7-13,17H,4-6,16H2,1-3H3. The number of nitrogens with two attached hydrogens (primary N) is 1. The van der Waals surface area contributed by atoms with Crippen LogP contribution in [0.15, 0.2) is 29.2 Å². The van der Waals surface area contributed by atoms with Crippen molar-refractivity contribution in [3.63, 3.8) is 0 Å². The minimum absolute atomic E-state index is 0.100. The third-order valence-corrected chi connectivity index (χ3v) is 5.48. The number of piperidine rings is 1. The number of nitrogens with one attached hydrogen (secondary N) is 1. The first-order chi connectivity index (χ1) is 9.81. The Kier molecular flexibility index (Phi) is 5.03. The first-order valence-corrected chi connectivity index (χ1v) is 8.96. The predicted molar refractivity (Wildman–Crippen MR) is 84.0 cm³/mol. The van der Waals surface area contributed by atoms with Crippen LogP contribution in [0.25, 0.3) is 0 Å². The Morgan fingerprint density at radius 2 is 1.71 bits per heavy atom. The molecule has 1 aliphatic heterocycles. The monoisotopic (exact) mass is 311 g/mol. The quantitative estimate of drug-likeness (QED) is 0.893. The van der Waals surface area contributed by atoms with Gasteiger partial charge in [-0.15, -0.1) is 4.83 Å². The van der Waals surface area contributed by atoms with Crippen molar-refractivity contribution >= 4 is 10.0 Å². The average Bonchev–Trinajstić information content (AvgIpc) is 2.43. The van der Waals surface area contributed by atoms with Crippen molar-refractivity contribution in [1.29, 1.82) is 0 Å². The van der Waals surface area contributed by atoms with E-state index in [1.807, 2.05) is 11.9 Å². The second-order valence-corrected chi connectivity index (χ2v) is 7.65. The van der Waals surface area contributed by atoms with Gasteiger partial charge in [0.25, 0.3) is 10.0 Å². The molecule has 1 aliphatic rings. The Labute approximate surface area is 127 Å². The number of nitrogens with zero attached hydrogens (tertiary/aromatic N) is 1. The third-order valence-electron chi connectivity index (χ3n) is 4.14. The maximum Gasteiger partial charge on any atom is 0.253 e. The molecule has 1 fully saturated rings. The van der Waals surface area contributed by atoms with E-state index < -0.39 is 10.0 Å². The molecule has 6 heteroatoms. The zero-order valence-corrected chi connectivity index (χ0v) is 13.7. The molecule has 1 aromatic rings. The van der Waals surface area contributed by atoms with Crippen LogP contribution in [0.4, 0.5) is 0 Å². The Balaban J connectivity index is 2.17. The Morgan fingerprint density at radius 3 is 2.19 bits per heavy atom. The molecule has 21 heavy (non-hydrogen) atoms. The first-order valence-electron chi connectivity index (χ1n) is 7.47. The van der Waals surface area contributed by atoms with E-state index in [0.717, 1.165) is 24.8 Å². The molecule has 3 unspecified atom stereocenters. The summed E-state index contributed by atoms with van der Waals surface area (Å²) in [5.74, 6) is 0. The minimum Gasteiger partial charge on any atom is -0.324 e. The van der Waals surface area contributed by atoms with Crippen LogP contribution in [-0.2, 0) is 10.0 Å². The van der Waals surface area contributed by atoms with Crippen LogP contribution >= 0.6 is 0 Å². The predicted octanol–water partition coefficient (Wildman–Crippen LogP) is 2.16. The van der Waals surface area contributed by atoms with E-state index in [9.17, 15) is 8.42 Å². The van der Waals surface area contributed by atoms with Crippen molar-refractivity contribution in [3.05, 3.63) is 29.8 Å². The van der Waals surface area contributed by atoms with E-state index in [-0.39, 0.29) is 23.0 Å². The molecule has 0 saturated carbocycles. The molecule has 118 valence electrons. The molecule has 0 aliphatic carbocycles. The second-order valence-electron chi connectivity index (χ2n) is 5.99. The summed E-state index contributed by atoms with van der Waals surface area (Å²) in [5.41, 5.74) is 6.71. The van der Waals surface area contributed by atoms with Crippen molar-refractivity contribution in [1.82, 2.24) is 9.84 Å². The molecule has 0 spiro atoms. The highest BCUT2D eigenvalue weighted by Crippen LogP contribution is 2.22. The molecule has 1 aromatic carbocycles. The zero-order valence-electron chi connectivity index (χ0n) is 12.9. The fourth-order valence-corrected chi connectivity index (χ4v) is 3.98. The lowest BCUT2D eigenvalue weighted by Crippen LogP contribution is -2.53. The van der Waals surface area contributed by atoms with E-state index in [4.69, 9.17) is 5.73 Å². The molecule has 0 amide bonds. The lowest BCUT2D eigenvalue weighted by molar-refractivity contribution is 0.0790. The molecular formula is C15H25N3O2S. The van der Waals surface area contributed by atoms with E-state index in [1.54, 1.807) is 24.3 Å². The van der Waals surface area contributed by atoms with Crippen molar-refractivity contribution in [2.24, 2.45) is 5.73 Å². The highest BCUT2D eigenvalue weighted by Gasteiger charge is 2.29. The fraction of sp³-hybridized carbons (Fsp3) is 0.600. The number of hydrogen-bond acceptors (Lipinski definition) is 4.